The SMILES string of the molecule is COc1ccc(C2=CCN(CC3CCc4[nH]c5ccccc5c4C3)CC2)cc1. The van der Waals surface area contributed by atoms with Crippen molar-refractivity contribution in [1.29, 1.82) is 0 Å². The molecule has 0 saturated heterocycles. The number of methoxy groups -OCH3 is 1. The fourth-order valence-corrected chi connectivity index (χ4v) is 4.91. The first-order valence-corrected chi connectivity index (χ1v) is 10.4. The van der Waals surface area contributed by atoms with E-state index in [1.54, 1.807) is 12.7 Å². The van der Waals surface area contributed by atoms with Gasteiger partial charge in [0.1, 0.15) is 5.75 Å². The first-order valence-electron chi connectivity index (χ1n) is 10.4. The summed E-state index contributed by atoms with van der Waals surface area (Å²) in [6.07, 6.45) is 7.26. The lowest BCUT2D eigenvalue weighted by Crippen LogP contribution is -2.35. The molecule has 2 aliphatic rings. The van der Waals surface area contributed by atoms with Crippen molar-refractivity contribution in [2.75, 3.05) is 26.7 Å². The third-order valence-corrected chi connectivity index (χ3v) is 6.47. The summed E-state index contributed by atoms with van der Waals surface area (Å²) in [6, 6.07) is 17.3. The number of aromatic amines is 1. The molecule has 0 amide bonds. The Morgan fingerprint density at radius 1 is 1.07 bits per heavy atom. The number of H-pyrrole nitrogens is 1. The number of rotatable bonds is 4. The molecule has 0 saturated carbocycles. The number of ether oxygens (including phenoxy) is 1. The Morgan fingerprint density at radius 2 is 1.93 bits per heavy atom. The quantitative estimate of drug-likeness (QED) is 0.692. The van der Waals surface area contributed by atoms with Crippen molar-refractivity contribution in [3.63, 3.8) is 0 Å². The van der Waals surface area contributed by atoms with Gasteiger partial charge in [-0.2, -0.15) is 0 Å². The molecule has 0 fully saturated rings. The average Bonchev–Trinajstić information content (AvgIpc) is 3.12. The first kappa shape index (κ1) is 17.6. The minimum Gasteiger partial charge on any atom is -0.497 e. The van der Waals surface area contributed by atoms with Gasteiger partial charge in [0.15, 0.2) is 0 Å². The number of para-hydroxylation sites is 1. The number of nitrogens with one attached hydrogen (secondary N) is 1. The summed E-state index contributed by atoms with van der Waals surface area (Å²) in [5.74, 6) is 1.69. The Balaban J connectivity index is 1.24. The molecule has 1 N–H and O–H groups in total. The summed E-state index contributed by atoms with van der Waals surface area (Å²) in [6.45, 7) is 3.44. The van der Waals surface area contributed by atoms with Crippen molar-refractivity contribution < 1.29 is 4.74 Å². The second-order valence-electron chi connectivity index (χ2n) is 8.20. The predicted octanol–water partition coefficient (Wildman–Crippen LogP) is 5.07. The molecule has 28 heavy (non-hydrogen) atoms. The molecule has 5 rings (SSSR count). The summed E-state index contributed by atoms with van der Waals surface area (Å²) in [4.78, 5) is 6.28. The minimum absolute atomic E-state index is 0.766. The minimum atomic E-state index is 0.766. The summed E-state index contributed by atoms with van der Waals surface area (Å²) >= 11 is 0. The molecule has 1 aliphatic carbocycles. The van der Waals surface area contributed by atoms with E-state index in [0.717, 1.165) is 31.2 Å². The van der Waals surface area contributed by atoms with Gasteiger partial charge in [-0.15, -0.1) is 0 Å². The molecule has 3 nitrogen and oxygen atoms in total. The largest absolute Gasteiger partial charge is 0.497 e. The van der Waals surface area contributed by atoms with Gasteiger partial charge in [-0.1, -0.05) is 36.4 Å². The fourth-order valence-electron chi connectivity index (χ4n) is 4.91. The van der Waals surface area contributed by atoms with Crippen LogP contribution in [0.25, 0.3) is 16.5 Å². The van der Waals surface area contributed by atoms with Gasteiger partial charge in [-0.25, -0.2) is 0 Å². The maximum atomic E-state index is 5.27. The molecule has 144 valence electrons. The zero-order chi connectivity index (χ0) is 18.9. The highest BCUT2D eigenvalue weighted by Crippen LogP contribution is 2.33. The molecule has 1 aliphatic heterocycles. The number of fused-ring (bicyclic) bond motifs is 3. The van der Waals surface area contributed by atoms with Crippen LogP contribution in [0.4, 0.5) is 0 Å². The zero-order valence-corrected chi connectivity index (χ0v) is 16.6. The monoisotopic (exact) mass is 372 g/mol. The van der Waals surface area contributed by atoms with Crippen molar-refractivity contribution in [2.24, 2.45) is 5.92 Å². The van der Waals surface area contributed by atoms with E-state index >= 15 is 0 Å². The number of aryl methyl sites for hydroxylation is 1. The van der Waals surface area contributed by atoms with Gasteiger partial charge in [0.05, 0.1) is 7.11 Å². The van der Waals surface area contributed by atoms with Crippen molar-refractivity contribution in [1.82, 2.24) is 9.88 Å². The maximum Gasteiger partial charge on any atom is 0.118 e. The van der Waals surface area contributed by atoms with Gasteiger partial charge in [0.2, 0.25) is 0 Å². The highest BCUT2D eigenvalue weighted by molar-refractivity contribution is 5.84. The standard InChI is InChI=1S/C25H28N2O/c1-28-21-9-7-19(8-10-21)20-12-14-27(15-13-20)17-18-6-11-25-23(16-18)22-4-2-3-5-24(22)26-25/h2-5,7-10,12,18,26H,6,11,13-17H2,1H3. The molecule has 2 heterocycles. The van der Waals surface area contributed by atoms with Gasteiger partial charge in [-0.3, -0.25) is 4.90 Å². The molecule has 0 radical (unpaired) electrons. The lowest BCUT2D eigenvalue weighted by molar-refractivity contribution is 0.238. The van der Waals surface area contributed by atoms with E-state index < -0.39 is 0 Å². The molecule has 3 heteroatoms. The molecule has 0 spiro atoms. The highest BCUT2D eigenvalue weighted by atomic mass is 16.5. The lowest BCUT2D eigenvalue weighted by Gasteiger charge is -2.32. The predicted molar refractivity (Wildman–Crippen MR) is 116 cm³/mol. The third-order valence-electron chi connectivity index (χ3n) is 6.47. The van der Waals surface area contributed by atoms with Crippen LogP contribution in [-0.4, -0.2) is 36.6 Å². The van der Waals surface area contributed by atoms with Gasteiger partial charge in [0, 0.05) is 36.2 Å². The lowest BCUT2D eigenvalue weighted by atomic mass is 9.85. The number of aromatic nitrogens is 1. The van der Waals surface area contributed by atoms with Crippen LogP contribution >= 0.6 is 0 Å². The molecule has 0 bridgehead atoms. The Hall–Kier alpha value is -2.52. The second kappa shape index (κ2) is 7.48. The zero-order valence-electron chi connectivity index (χ0n) is 16.6. The molecule has 3 aromatic rings. The molecule has 1 unspecified atom stereocenters. The number of hydrogen-bond acceptors (Lipinski definition) is 2. The van der Waals surface area contributed by atoms with E-state index in [1.165, 1.54) is 53.5 Å². The van der Waals surface area contributed by atoms with Gasteiger partial charge >= 0.3 is 0 Å². The summed E-state index contributed by atoms with van der Waals surface area (Å²) in [5, 5.41) is 1.43. The van der Waals surface area contributed by atoms with Crippen LogP contribution in [0.5, 0.6) is 5.75 Å². The Morgan fingerprint density at radius 3 is 2.71 bits per heavy atom. The molecule has 1 aromatic heterocycles. The number of benzene rings is 2. The van der Waals surface area contributed by atoms with E-state index in [-0.39, 0.29) is 0 Å². The van der Waals surface area contributed by atoms with E-state index in [9.17, 15) is 0 Å². The number of nitrogens with zero attached hydrogens (tertiary/aromatic N) is 1. The molecule has 1 atom stereocenters. The smallest absolute Gasteiger partial charge is 0.118 e. The second-order valence-corrected chi connectivity index (χ2v) is 8.20. The molecular weight excluding hydrogens is 344 g/mol. The van der Waals surface area contributed by atoms with Crippen LogP contribution < -0.4 is 4.74 Å². The third kappa shape index (κ3) is 3.35. The van der Waals surface area contributed by atoms with Gasteiger partial charge in [-0.05, 0) is 66.5 Å². The van der Waals surface area contributed by atoms with Crippen LogP contribution in [0.3, 0.4) is 0 Å². The Bertz CT molecular complexity index is 999. The van der Waals surface area contributed by atoms with Crippen molar-refractivity contribution in [3.8, 4) is 5.75 Å². The van der Waals surface area contributed by atoms with E-state index in [2.05, 4.69) is 64.5 Å². The van der Waals surface area contributed by atoms with Crippen LogP contribution in [0.1, 0.15) is 29.7 Å². The maximum absolute atomic E-state index is 5.27. The van der Waals surface area contributed by atoms with E-state index in [1.807, 2.05) is 0 Å². The summed E-state index contributed by atoms with van der Waals surface area (Å²) in [5.41, 5.74) is 7.15. The Labute approximate surface area is 167 Å². The van der Waals surface area contributed by atoms with Crippen molar-refractivity contribution in [3.05, 3.63) is 71.4 Å². The average molecular weight is 373 g/mol. The normalized spacial score (nSPS) is 20.0. The summed E-state index contributed by atoms with van der Waals surface area (Å²) in [7, 11) is 1.72. The molecule has 2 aromatic carbocycles. The number of hydrogen-bond donors (Lipinski definition) is 1. The summed E-state index contributed by atoms with van der Waals surface area (Å²) < 4.78 is 5.27. The van der Waals surface area contributed by atoms with Crippen LogP contribution in [0.2, 0.25) is 0 Å². The fraction of sp³-hybridized carbons (Fsp3) is 0.360. The van der Waals surface area contributed by atoms with E-state index in [4.69, 9.17) is 4.74 Å². The topological polar surface area (TPSA) is 28.3 Å². The van der Waals surface area contributed by atoms with Crippen molar-refractivity contribution in [2.45, 2.75) is 25.7 Å². The van der Waals surface area contributed by atoms with E-state index in [0.29, 0.717) is 0 Å². The van der Waals surface area contributed by atoms with Crippen molar-refractivity contribution >= 4 is 16.5 Å². The van der Waals surface area contributed by atoms with Gasteiger partial charge in [0.25, 0.3) is 0 Å². The van der Waals surface area contributed by atoms with Crippen LogP contribution in [0, 0.1) is 5.92 Å². The molecular formula is C25H28N2O. The van der Waals surface area contributed by atoms with Gasteiger partial charge < -0.3 is 9.72 Å². The highest BCUT2D eigenvalue weighted by Gasteiger charge is 2.24. The Kier molecular flexibility index (Phi) is 4.69. The van der Waals surface area contributed by atoms with Crippen LogP contribution in [0.15, 0.2) is 54.6 Å². The first-order chi connectivity index (χ1) is 13.8. The van der Waals surface area contributed by atoms with Crippen LogP contribution in [-0.2, 0) is 12.8 Å².